The molecule has 148 valence electrons. The number of hydrogen-bond donors (Lipinski definition) is 0. The number of piperidine rings is 2. The average Bonchev–Trinajstić information content (AvgIpc) is 3.00. The maximum absolute atomic E-state index is 4.59. The molecule has 2 aliphatic heterocycles. The van der Waals surface area contributed by atoms with Crippen molar-refractivity contribution in [2.45, 2.75) is 58.5 Å². The van der Waals surface area contributed by atoms with Crippen molar-refractivity contribution in [2.24, 2.45) is 5.41 Å². The highest BCUT2D eigenvalue weighted by molar-refractivity contribution is 5.04. The largest absolute Gasteiger partial charge is 0.314 e. The summed E-state index contributed by atoms with van der Waals surface area (Å²) in [7, 11) is 6.44. The first-order valence-corrected chi connectivity index (χ1v) is 10.4. The zero-order valence-electron chi connectivity index (χ0n) is 17.5. The molecule has 0 N–H and O–H groups in total. The van der Waals surface area contributed by atoms with Gasteiger partial charge in [0, 0.05) is 19.0 Å². The van der Waals surface area contributed by atoms with Gasteiger partial charge < -0.3 is 19.3 Å². The molecule has 3 rings (SSSR count). The van der Waals surface area contributed by atoms with Crippen molar-refractivity contribution in [3.63, 3.8) is 0 Å². The van der Waals surface area contributed by atoms with E-state index in [0.29, 0.717) is 11.3 Å². The molecule has 0 atom stereocenters. The van der Waals surface area contributed by atoms with E-state index in [-0.39, 0.29) is 0 Å². The molecular formula is C20H38N6. The number of hydrogen-bond acceptors (Lipinski definition) is 5. The molecule has 0 bridgehead atoms. The predicted molar refractivity (Wildman–Crippen MR) is 106 cm³/mol. The topological polar surface area (TPSA) is 40.4 Å². The van der Waals surface area contributed by atoms with Crippen LogP contribution in [0.1, 0.15) is 57.1 Å². The molecule has 0 spiro atoms. The van der Waals surface area contributed by atoms with E-state index >= 15 is 0 Å². The molecule has 2 aliphatic rings. The molecule has 2 fully saturated rings. The first kappa shape index (κ1) is 19.8. The van der Waals surface area contributed by atoms with E-state index in [9.17, 15) is 0 Å². The second-order valence-electron chi connectivity index (χ2n) is 9.12. The lowest BCUT2D eigenvalue weighted by Gasteiger charge is -2.43. The third kappa shape index (κ3) is 4.65. The summed E-state index contributed by atoms with van der Waals surface area (Å²) in [6, 6.07) is 0. The van der Waals surface area contributed by atoms with Crippen LogP contribution in [0.2, 0.25) is 0 Å². The van der Waals surface area contributed by atoms with Gasteiger partial charge in [-0.3, -0.25) is 0 Å². The third-order valence-electron chi connectivity index (χ3n) is 6.38. The summed E-state index contributed by atoms with van der Waals surface area (Å²) in [5.41, 5.74) is 0.502. The summed E-state index contributed by atoms with van der Waals surface area (Å²) in [6.07, 6.45) is 5.11. The van der Waals surface area contributed by atoms with Gasteiger partial charge in [-0.2, -0.15) is 0 Å². The third-order valence-corrected chi connectivity index (χ3v) is 6.38. The fraction of sp³-hybridized carbons (Fsp3) is 0.900. The van der Waals surface area contributed by atoms with E-state index in [0.717, 1.165) is 18.9 Å². The van der Waals surface area contributed by atoms with Gasteiger partial charge in [0.1, 0.15) is 11.6 Å². The Balaban J connectivity index is 1.56. The van der Waals surface area contributed by atoms with Gasteiger partial charge in [0.25, 0.3) is 0 Å². The summed E-state index contributed by atoms with van der Waals surface area (Å²) in [6.45, 7) is 12.7. The molecule has 0 amide bonds. The van der Waals surface area contributed by atoms with Gasteiger partial charge in [-0.15, -0.1) is 10.2 Å². The fourth-order valence-electron chi connectivity index (χ4n) is 4.60. The van der Waals surface area contributed by atoms with Crippen LogP contribution in [0.25, 0.3) is 0 Å². The zero-order chi connectivity index (χ0) is 18.7. The van der Waals surface area contributed by atoms with Gasteiger partial charge in [0.15, 0.2) is 0 Å². The monoisotopic (exact) mass is 362 g/mol. The Labute approximate surface area is 159 Å². The fourth-order valence-corrected chi connectivity index (χ4v) is 4.60. The van der Waals surface area contributed by atoms with Crippen molar-refractivity contribution in [1.29, 1.82) is 0 Å². The van der Waals surface area contributed by atoms with Crippen LogP contribution in [0.3, 0.4) is 0 Å². The van der Waals surface area contributed by atoms with Crippen molar-refractivity contribution < 1.29 is 0 Å². The molecule has 6 heteroatoms. The van der Waals surface area contributed by atoms with Crippen molar-refractivity contribution >= 4 is 0 Å². The highest BCUT2D eigenvalue weighted by Gasteiger charge is 2.33. The smallest absolute Gasteiger partial charge is 0.147 e. The molecule has 3 heterocycles. The molecule has 0 unspecified atom stereocenters. The van der Waals surface area contributed by atoms with E-state index in [1.807, 2.05) is 0 Å². The Morgan fingerprint density at radius 2 is 1.73 bits per heavy atom. The van der Waals surface area contributed by atoms with Crippen molar-refractivity contribution in [3.8, 4) is 0 Å². The normalized spacial score (nSPS) is 23.0. The number of likely N-dealkylation sites (tertiary alicyclic amines) is 2. The zero-order valence-corrected chi connectivity index (χ0v) is 17.5. The van der Waals surface area contributed by atoms with Crippen LogP contribution in [0.15, 0.2) is 0 Å². The number of rotatable bonds is 6. The highest BCUT2D eigenvalue weighted by Crippen LogP contribution is 2.34. The van der Waals surface area contributed by atoms with E-state index < -0.39 is 0 Å². The minimum atomic E-state index is 0.502. The second kappa shape index (κ2) is 8.36. The lowest BCUT2D eigenvalue weighted by Crippen LogP contribution is -2.45. The van der Waals surface area contributed by atoms with Crippen LogP contribution >= 0.6 is 0 Å². The molecular weight excluding hydrogens is 324 g/mol. The van der Waals surface area contributed by atoms with Gasteiger partial charge in [0.2, 0.25) is 0 Å². The van der Waals surface area contributed by atoms with Gasteiger partial charge in [-0.1, -0.05) is 6.92 Å². The first-order chi connectivity index (χ1) is 12.4. The lowest BCUT2D eigenvalue weighted by atomic mass is 9.79. The minimum Gasteiger partial charge on any atom is -0.314 e. The number of aromatic nitrogens is 3. The quantitative estimate of drug-likeness (QED) is 0.776. The summed E-state index contributed by atoms with van der Waals surface area (Å²) in [5, 5.41) is 9.07. The van der Waals surface area contributed by atoms with Crippen LogP contribution in [0.5, 0.6) is 0 Å². The summed E-state index contributed by atoms with van der Waals surface area (Å²) >= 11 is 0. The maximum atomic E-state index is 4.59. The van der Waals surface area contributed by atoms with E-state index in [2.05, 4.69) is 64.5 Å². The predicted octanol–water partition coefficient (Wildman–Crippen LogP) is 2.27. The minimum absolute atomic E-state index is 0.502. The first-order valence-electron chi connectivity index (χ1n) is 10.4. The second-order valence-corrected chi connectivity index (χ2v) is 9.12. The van der Waals surface area contributed by atoms with Crippen molar-refractivity contribution in [2.75, 3.05) is 53.9 Å². The van der Waals surface area contributed by atoms with Crippen LogP contribution in [-0.2, 0) is 13.1 Å². The van der Waals surface area contributed by atoms with Gasteiger partial charge in [-0.25, -0.2) is 0 Å². The molecule has 0 radical (unpaired) electrons. The van der Waals surface area contributed by atoms with E-state index in [1.54, 1.807) is 0 Å². The Morgan fingerprint density at radius 1 is 1.08 bits per heavy atom. The van der Waals surface area contributed by atoms with Crippen molar-refractivity contribution in [1.82, 2.24) is 29.5 Å². The molecule has 2 saturated heterocycles. The Hall–Kier alpha value is -0.980. The Kier molecular flexibility index (Phi) is 6.36. The molecule has 1 aromatic rings. The SMILES string of the molecule is CCn1c(CN(C)C)nnc1C1CCN(CC2(C)CCN(C)CC2)CC1. The summed E-state index contributed by atoms with van der Waals surface area (Å²) < 4.78 is 2.35. The highest BCUT2D eigenvalue weighted by atomic mass is 15.3. The van der Waals surface area contributed by atoms with Gasteiger partial charge >= 0.3 is 0 Å². The van der Waals surface area contributed by atoms with E-state index in [1.165, 1.54) is 64.2 Å². The number of nitrogens with zero attached hydrogens (tertiary/aromatic N) is 6. The van der Waals surface area contributed by atoms with Crippen LogP contribution in [-0.4, -0.2) is 83.3 Å². The van der Waals surface area contributed by atoms with Crippen LogP contribution in [0.4, 0.5) is 0 Å². The Morgan fingerprint density at radius 3 is 2.31 bits per heavy atom. The van der Waals surface area contributed by atoms with Crippen LogP contribution in [0, 0.1) is 5.41 Å². The lowest BCUT2D eigenvalue weighted by molar-refractivity contribution is 0.0734. The molecule has 0 aliphatic carbocycles. The molecule has 6 nitrogen and oxygen atoms in total. The van der Waals surface area contributed by atoms with Gasteiger partial charge in [0.05, 0.1) is 6.54 Å². The van der Waals surface area contributed by atoms with Crippen LogP contribution < -0.4 is 0 Å². The van der Waals surface area contributed by atoms with Crippen molar-refractivity contribution in [3.05, 3.63) is 11.6 Å². The summed E-state index contributed by atoms with van der Waals surface area (Å²) in [5.74, 6) is 2.89. The average molecular weight is 363 g/mol. The van der Waals surface area contributed by atoms with Gasteiger partial charge in [-0.05, 0) is 85.3 Å². The Bertz CT molecular complexity index is 565. The molecule has 0 aromatic carbocycles. The van der Waals surface area contributed by atoms with E-state index in [4.69, 9.17) is 0 Å². The molecule has 1 aromatic heterocycles. The maximum Gasteiger partial charge on any atom is 0.147 e. The molecule has 0 saturated carbocycles. The summed E-state index contributed by atoms with van der Waals surface area (Å²) in [4.78, 5) is 7.34. The standard InChI is InChI=1S/C20H38N6/c1-6-26-18(15-23(3)4)21-22-19(26)17-7-11-25(12-8-17)16-20(2)9-13-24(5)14-10-20/h17H,6-16H2,1-5H3. The molecule has 26 heavy (non-hydrogen) atoms.